The average molecular weight is 403 g/mol. The lowest BCUT2D eigenvalue weighted by Crippen LogP contribution is -2.11. The van der Waals surface area contributed by atoms with Crippen LogP contribution < -0.4 is 11.5 Å². The van der Waals surface area contributed by atoms with Gasteiger partial charge in [0.15, 0.2) is 5.78 Å². The van der Waals surface area contributed by atoms with Crippen LogP contribution in [0, 0.1) is 6.92 Å². The number of aromatic nitrogens is 5. The Morgan fingerprint density at radius 1 is 1.07 bits per heavy atom. The molecule has 0 bridgehead atoms. The third-order valence-corrected chi connectivity index (χ3v) is 5.03. The number of nitrogen functional groups attached to an aromatic ring is 2. The number of nitrogens with two attached hydrogens (primary N) is 2. The highest BCUT2D eigenvalue weighted by molar-refractivity contribution is 7.13. The fraction of sp³-hybridized carbons (Fsp3) is 0.100. The fourth-order valence-corrected chi connectivity index (χ4v) is 3.57. The molecule has 0 unspecified atom stereocenters. The van der Waals surface area contributed by atoms with Gasteiger partial charge >= 0.3 is 0 Å². The quantitative estimate of drug-likeness (QED) is 0.486. The van der Waals surface area contributed by atoms with Gasteiger partial charge in [-0.15, -0.1) is 11.3 Å². The van der Waals surface area contributed by atoms with Crippen LogP contribution in [0.1, 0.15) is 21.9 Å². The fourth-order valence-electron chi connectivity index (χ4n) is 2.97. The summed E-state index contributed by atoms with van der Waals surface area (Å²) in [5.41, 5.74) is 15.1. The van der Waals surface area contributed by atoms with E-state index in [1.54, 1.807) is 49.8 Å². The zero-order valence-corrected chi connectivity index (χ0v) is 16.3. The largest absolute Gasteiger partial charge is 0.397 e. The first-order valence-corrected chi connectivity index (χ1v) is 9.63. The van der Waals surface area contributed by atoms with Gasteiger partial charge in [-0.25, -0.2) is 19.9 Å². The first-order valence-electron chi connectivity index (χ1n) is 8.75. The highest BCUT2D eigenvalue weighted by Crippen LogP contribution is 2.26. The molecule has 0 fully saturated rings. The molecule has 0 atom stereocenters. The molecular weight excluding hydrogens is 386 g/mol. The maximum absolute atomic E-state index is 13.0. The summed E-state index contributed by atoms with van der Waals surface area (Å²) in [7, 11) is 0. The average Bonchev–Trinajstić information content (AvgIpc) is 3.23. The SMILES string of the molecule is Cc1nc(N)cc(-c2ccncc2CC(=O)c2nc(-c3nccs3)ccc2N)n1. The van der Waals surface area contributed by atoms with Crippen molar-refractivity contribution in [1.29, 1.82) is 0 Å². The normalized spacial score (nSPS) is 10.8. The Labute approximate surface area is 170 Å². The van der Waals surface area contributed by atoms with Gasteiger partial charge in [-0.05, 0) is 30.7 Å². The summed E-state index contributed by atoms with van der Waals surface area (Å²) in [6.07, 6.45) is 5.05. The van der Waals surface area contributed by atoms with E-state index in [0.29, 0.717) is 34.3 Å². The molecule has 8 nitrogen and oxygen atoms in total. The van der Waals surface area contributed by atoms with Crippen LogP contribution in [0.15, 0.2) is 48.2 Å². The molecule has 0 saturated carbocycles. The van der Waals surface area contributed by atoms with Crippen LogP contribution in [-0.2, 0) is 6.42 Å². The van der Waals surface area contributed by atoms with Gasteiger partial charge in [-0.3, -0.25) is 9.78 Å². The van der Waals surface area contributed by atoms with Crippen LogP contribution >= 0.6 is 11.3 Å². The number of anilines is 2. The van der Waals surface area contributed by atoms with Crippen molar-refractivity contribution in [3.8, 4) is 22.0 Å². The van der Waals surface area contributed by atoms with E-state index in [2.05, 4.69) is 24.9 Å². The molecule has 0 spiro atoms. The lowest BCUT2D eigenvalue weighted by molar-refractivity contribution is 0.0989. The third-order valence-electron chi connectivity index (χ3n) is 4.23. The summed E-state index contributed by atoms with van der Waals surface area (Å²) in [6, 6.07) is 6.90. The van der Waals surface area contributed by atoms with Crippen molar-refractivity contribution in [1.82, 2.24) is 24.9 Å². The molecule has 0 radical (unpaired) electrons. The second-order valence-electron chi connectivity index (χ2n) is 6.33. The van der Waals surface area contributed by atoms with E-state index in [4.69, 9.17) is 11.5 Å². The Hall–Kier alpha value is -3.72. The van der Waals surface area contributed by atoms with Crippen molar-refractivity contribution in [2.75, 3.05) is 11.5 Å². The van der Waals surface area contributed by atoms with Crippen LogP contribution in [0.5, 0.6) is 0 Å². The number of carbonyl (C=O) groups excluding carboxylic acids is 1. The van der Waals surface area contributed by atoms with Crippen molar-refractivity contribution >= 4 is 28.6 Å². The smallest absolute Gasteiger partial charge is 0.187 e. The molecule has 0 aliphatic rings. The number of Topliss-reactive ketones (excluding diaryl/α,β-unsaturated/α-hetero) is 1. The number of aryl methyl sites for hydroxylation is 1. The Morgan fingerprint density at radius 2 is 1.93 bits per heavy atom. The van der Waals surface area contributed by atoms with E-state index in [0.717, 1.165) is 10.6 Å². The Bertz CT molecular complexity index is 1170. The van der Waals surface area contributed by atoms with E-state index in [1.807, 2.05) is 5.38 Å². The van der Waals surface area contributed by atoms with E-state index < -0.39 is 0 Å². The van der Waals surface area contributed by atoms with Crippen molar-refractivity contribution in [3.63, 3.8) is 0 Å². The molecule has 29 heavy (non-hydrogen) atoms. The number of hydrogen-bond acceptors (Lipinski definition) is 9. The maximum atomic E-state index is 13.0. The van der Waals surface area contributed by atoms with Crippen LogP contribution in [0.25, 0.3) is 22.0 Å². The lowest BCUT2D eigenvalue weighted by Gasteiger charge is -2.10. The summed E-state index contributed by atoms with van der Waals surface area (Å²) >= 11 is 1.45. The second-order valence-corrected chi connectivity index (χ2v) is 7.22. The van der Waals surface area contributed by atoms with E-state index in [9.17, 15) is 4.79 Å². The van der Waals surface area contributed by atoms with Crippen LogP contribution in [0.3, 0.4) is 0 Å². The number of thiazole rings is 1. The minimum absolute atomic E-state index is 0.0741. The Kier molecular flexibility index (Phi) is 4.96. The first kappa shape index (κ1) is 18.6. The number of hydrogen-bond donors (Lipinski definition) is 2. The van der Waals surface area contributed by atoms with Crippen molar-refractivity contribution in [2.45, 2.75) is 13.3 Å². The molecule has 4 N–H and O–H groups in total. The van der Waals surface area contributed by atoms with Gasteiger partial charge in [0.05, 0.1) is 17.1 Å². The zero-order valence-electron chi connectivity index (χ0n) is 15.5. The standard InChI is InChI=1S/C20H17N7OS/c1-11-25-16(9-18(22)26-11)13-4-5-23-10-12(13)8-17(28)19-14(21)2-3-15(27-19)20-24-6-7-29-20/h2-7,9-10H,8,21H2,1H3,(H2,22,25,26). The van der Waals surface area contributed by atoms with Crippen LogP contribution in [0.2, 0.25) is 0 Å². The molecule has 0 amide bonds. The van der Waals surface area contributed by atoms with Crippen LogP contribution in [0.4, 0.5) is 11.5 Å². The summed E-state index contributed by atoms with van der Waals surface area (Å²) in [6.45, 7) is 1.76. The van der Waals surface area contributed by atoms with Crippen molar-refractivity contribution in [3.05, 3.63) is 65.3 Å². The van der Waals surface area contributed by atoms with Gasteiger partial charge < -0.3 is 11.5 Å². The molecule has 4 aromatic rings. The van der Waals surface area contributed by atoms with E-state index >= 15 is 0 Å². The summed E-state index contributed by atoms with van der Waals surface area (Å²) in [5, 5.41) is 2.58. The molecule has 0 saturated heterocycles. The minimum atomic E-state index is -0.214. The highest BCUT2D eigenvalue weighted by atomic mass is 32.1. The van der Waals surface area contributed by atoms with Gasteiger partial charge in [-0.2, -0.15) is 0 Å². The van der Waals surface area contributed by atoms with Gasteiger partial charge in [0, 0.05) is 42.0 Å². The molecule has 4 rings (SSSR count). The molecule has 0 aliphatic carbocycles. The molecular formula is C20H17N7OS. The molecule has 4 heterocycles. The van der Waals surface area contributed by atoms with Crippen molar-refractivity contribution in [2.24, 2.45) is 0 Å². The molecule has 9 heteroatoms. The minimum Gasteiger partial charge on any atom is -0.397 e. The third kappa shape index (κ3) is 3.94. The maximum Gasteiger partial charge on any atom is 0.187 e. The van der Waals surface area contributed by atoms with Crippen LogP contribution in [-0.4, -0.2) is 30.7 Å². The topological polar surface area (TPSA) is 134 Å². The number of ketones is 1. The molecule has 0 aromatic carbocycles. The zero-order chi connectivity index (χ0) is 20.4. The van der Waals surface area contributed by atoms with Gasteiger partial charge in [-0.1, -0.05) is 0 Å². The van der Waals surface area contributed by atoms with Gasteiger partial charge in [0.2, 0.25) is 0 Å². The van der Waals surface area contributed by atoms with Gasteiger partial charge in [0.25, 0.3) is 0 Å². The number of nitrogens with zero attached hydrogens (tertiary/aromatic N) is 5. The highest BCUT2D eigenvalue weighted by Gasteiger charge is 2.18. The summed E-state index contributed by atoms with van der Waals surface area (Å²) in [5.74, 6) is 0.703. The second kappa shape index (κ2) is 7.72. The van der Waals surface area contributed by atoms with E-state index in [1.165, 1.54) is 11.3 Å². The molecule has 0 aliphatic heterocycles. The Morgan fingerprint density at radius 3 is 2.69 bits per heavy atom. The predicted octanol–water partition coefficient (Wildman–Crippen LogP) is 2.96. The molecule has 144 valence electrons. The lowest BCUT2D eigenvalue weighted by atomic mass is 10.00. The number of rotatable bonds is 5. The molecule has 4 aromatic heterocycles. The monoisotopic (exact) mass is 403 g/mol. The number of pyridine rings is 2. The predicted molar refractivity (Wildman–Crippen MR) is 112 cm³/mol. The summed E-state index contributed by atoms with van der Waals surface area (Å²) < 4.78 is 0. The van der Waals surface area contributed by atoms with Gasteiger partial charge in [0.1, 0.15) is 22.3 Å². The van der Waals surface area contributed by atoms with E-state index in [-0.39, 0.29) is 17.9 Å². The Balaban J connectivity index is 1.69. The van der Waals surface area contributed by atoms with Crippen molar-refractivity contribution < 1.29 is 4.79 Å². The first-order chi connectivity index (χ1) is 14.0. The summed E-state index contributed by atoms with van der Waals surface area (Å²) in [4.78, 5) is 34.4. The number of carbonyl (C=O) groups is 1.